The van der Waals surface area contributed by atoms with Crippen LogP contribution in [-0.2, 0) is 0 Å². The zero-order valence-corrected chi connectivity index (χ0v) is 11.9. The van der Waals surface area contributed by atoms with E-state index in [0.29, 0.717) is 22.8 Å². The summed E-state index contributed by atoms with van der Waals surface area (Å²) >= 11 is 0. The smallest absolute Gasteiger partial charge is 0.231 e. The van der Waals surface area contributed by atoms with Crippen molar-refractivity contribution in [2.45, 2.75) is 0 Å². The summed E-state index contributed by atoms with van der Waals surface area (Å²) < 4.78 is 15.9. The zero-order valence-electron chi connectivity index (χ0n) is 11.9. The molecule has 1 N–H and O–H groups in total. The van der Waals surface area contributed by atoms with Crippen LogP contribution in [-0.4, -0.2) is 24.8 Å². The van der Waals surface area contributed by atoms with Crippen molar-refractivity contribution in [2.75, 3.05) is 13.9 Å². The second-order valence-corrected chi connectivity index (χ2v) is 4.70. The summed E-state index contributed by atoms with van der Waals surface area (Å²) in [5.74, 6) is 1.70. The van der Waals surface area contributed by atoms with Gasteiger partial charge in [0.1, 0.15) is 5.75 Å². The normalized spacial score (nSPS) is 12.6. The first kappa shape index (κ1) is 14.0. The Hall–Kier alpha value is -2.95. The van der Waals surface area contributed by atoms with E-state index >= 15 is 0 Å². The molecule has 1 aliphatic rings. The number of fused-ring (bicyclic) bond motifs is 1. The number of hydrogen-bond donors (Lipinski definition) is 1. The van der Waals surface area contributed by atoms with Gasteiger partial charge >= 0.3 is 0 Å². The van der Waals surface area contributed by atoms with Gasteiger partial charge in [-0.3, -0.25) is 4.79 Å². The van der Waals surface area contributed by atoms with Crippen LogP contribution in [0.15, 0.2) is 42.5 Å². The first-order valence-electron chi connectivity index (χ1n) is 6.66. The van der Waals surface area contributed by atoms with Crippen molar-refractivity contribution in [1.29, 1.82) is 0 Å². The van der Waals surface area contributed by atoms with Crippen molar-refractivity contribution in [3.05, 3.63) is 53.6 Å². The van der Waals surface area contributed by atoms with Gasteiger partial charge in [0, 0.05) is 5.56 Å². The Balaban J connectivity index is 1.83. The van der Waals surface area contributed by atoms with E-state index in [1.165, 1.54) is 18.2 Å². The molecule has 0 bridgehead atoms. The lowest BCUT2D eigenvalue weighted by Gasteiger charge is -2.05. The molecule has 1 aliphatic heterocycles. The fourth-order valence-electron chi connectivity index (χ4n) is 2.14. The van der Waals surface area contributed by atoms with E-state index in [1.807, 2.05) is 0 Å². The highest BCUT2D eigenvalue weighted by molar-refractivity contribution is 6.06. The molecule has 0 unspecified atom stereocenters. The number of allylic oxidation sites excluding steroid dienone is 1. The number of benzene rings is 2. The average Bonchev–Trinajstić information content (AvgIpc) is 3.01. The Kier molecular flexibility index (Phi) is 3.70. The fourth-order valence-corrected chi connectivity index (χ4v) is 2.14. The van der Waals surface area contributed by atoms with E-state index in [2.05, 4.69) is 0 Å². The van der Waals surface area contributed by atoms with Gasteiger partial charge in [0.05, 0.1) is 7.11 Å². The SMILES string of the molecule is COc1cc(/C=C/C(=O)c2ccc(O)cc2)cc2c1OCO2. The van der Waals surface area contributed by atoms with E-state index < -0.39 is 0 Å². The molecule has 0 amide bonds. The number of ether oxygens (including phenoxy) is 3. The quantitative estimate of drug-likeness (QED) is 0.694. The van der Waals surface area contributed by atoms with Crippen LogP contribution in [0, 0.1) is 0 Å². The monoisotopic (exact) mass is 298 g/mol. The molecule has 0 atom stereocenters. The highest BCUT2D eigenvalue weighted by Gasteiger charge is 2.19. The van der Waals surface area contributed by atoms with E-state index in [-0.39, 0.29) is 18.3 Å². The number of phenols is 1. The maximum atomic E-state index is 12.1. The van der Waals surface area contributed by atoms with Crippen molar-refractivity contribution >= 4 is 11.9 Å². The predicted molar refractivity (Wildman–Crippen MR) is 80.6 cm³/mol. The van der Waals surface area contributed by atoms with Crippen LogP contribution in [0.1, 0.15) is 15.9 Å². The molecule has 2 aromatic carbocycles. The maximum absolute atomic E-state index is 12.1. The molecule has 5 nitrogen and oxygen atoms in total. The Morgan fingerprint density at radius 3 is 2.73 bits per heavy atom. The Morgan fingerprint density at radius 1 is 1.23 bits per heavy atom. The highest BCUT2D eigenvalue weighted by Crippen LogP contribution is 2.42. The van der Waals surface area contributed by atoms with Crippen LogP contribution in [0.25, 0.3) is 6.08 Å². The minimum atomic E-state index is -0.156. The molecule has 0 aromatic heterocycles. The number of phenolic OH excluding ortho intramolecular Hbond substituents is 1. The third-order valence-electron chi connectivity index (χ3n) is 3.26. The van der Waals surface area contributed by atoms with Crippen molar-refractivity contribution in [2.24, 2.45) is 0 Å². The second kappa shape index (κ2) is 5.81. The van der Waals surface area contributed by atoms with Crippen LogP contribution < -0.4 is 14.2 Å². The molecular weight excluding hydrogens is 284 g/mol. The van der Waals surface area contributed by atoms with Crippen LogP contribution in [0.5, 0.6) is 23.0 Å². The molecule has 0 saturated carbocycles. The number of carbonyl (C=O) groups excluding carboxylic acids is 1. The molecular formula is C17H14O5. The largest absolute Gasteiger partial charge is 0.508 e. The summed E-state index contributed by atoms with van der Waals surface area (Å²) in [4.78, 5) is 12.1. The van der Waals surface area contributed by atoms with Gasteiger partial charge in [0.15, 0.2) is 17.3 Å². The molecule has 22 heavy (non-hydrogen) atoms. The van der Waals surface area contributed by atoms with E-state index in [9.17, 15) is 9.90 Å². The van der Waals surface area contributed by atoms with Crippen molar-refractivity contribution in [3.63, 3.8) is 0 Å². The summed E-state index contributed by atoms with van der Waals surface area (Å²) in [6, 6.07) is 9.65. The summed E-state index contributed by atoms with van der Waals surface area (Å²) in [7, 11) is 1.55. The predicted octanol–water partition coefficient (Wildman–Crippen LogP) is 3.03. The molecule has 0 spiro atoms. The minimum absolute atomic E-state index is 0.126. The van der Waals surface area contributed by atoms with Gasteiger partial charge in [-0.25, -0.2) is 0 Å². The van der Waals surface area contributed by atoms with Gasteiger partial charge in [-0.1, -0.05) is 6.08 Å². The van der Waals surface area contributed by atoms with Gasteiger partial charge in [0.2, 0.25) is 12.5 Å². The minimum Gasteiger partial charge on any atom is -0.508 e. The Bertz CT molecular complexity index is 731. The third-order valence-corrected chi connectivity index (χ3v) is 3.26. The topological polar surface area (TPSA) is 65.0 Å². The number of methoxy groups -OCH3 is 1. The molecule has 112 valence electrons. The van der Waals surface area contributed by atoms with Gasteiger partial charge in [-0.15, -0.1) is 0 Å². The molecule has 2 aromatic rings. The van der Waals surface area contributed by atoms with Crippen LogP contribution in [0.2, 0.25) is 0 Å². The number of carbonyl (C=O) groups is 1. The Labute approximate surface area is 127 Å². The molecule has 0 fully saturated rings. The molecule has 0 saturated heterocycles. The lowest BCUT2D eigenvalue weighted by molar-refractivity contribution is 0.104. The number of aromatic hydroxyl groups is 1. The molecule has 3 rings (SSSR count). The van der Waals surface area contributed by atoms with Gasteiger partial charge in [-0.05, 0) is 48.0 Å². The van der Waals surface area contributed by atoms with Gasteiger partial charge < -0.3 is 19.3 Å². The lowest BCUT2D eigenvalue weighted by Crippen LogP contribution is -1.93. The second-order valence-electron chi connectivity index (χ2n) is 4.70. The fraction of sp³-hybridized carbons (Fsp3) is 0.118. The van der Waals surface area contributed by atoms with Crippen molar-refractivity contribution < 1.29 is 24.1 Å². The van der Waals surface area contributed by atoms with Crippen LogP contribution >= 0.6 is 0 Å². The van der Waals surface area contributed by atoms with Crippen LogP contribution in [0.4, 0.5) is 0 Å². The number of hydrogen-bond acceptors (Lipinski definition) is 5. The standard InChI is InChI=1S/C17H14O5/c1-20-15-8-11(9-16-17(15)22-10-21-16)2-7-14(19)12-3-5-13(18)6-4-12/h2-9,18H,10H2,1H3/b7-2+. The first-order chi connectivity index (χ1) is 10.7. The molecule has 1 heterocycles. The average molecular weight is 298 g/mol. The Morgan fingerprint density at radius 2 is 2.00 bits per heavy atom. The highest BCUT2D eigenvalue weighted by atomic mass is 16.7. The zero-order chi connectivity index (χ0) is 15.5. The van der Waals surface area contributed by atoms with E-state index in [1.54, 1.807) is 37.5 Å². The lowest BCUT2D eigenvalue weighted by atomic mass is 10.1. The van der Waals surface area contributed by atoms with Gasteiger partial charge in [-0.2, -0.15) is 0 Å². The molecule has 5 heteroatoms. The van der Waals surface area contributed by atoms with Crippen molar-refractivity contribution in [3.8, 4) is 23.0 Å². The molecule has 0 aliphatic carbocycles. The first-order valence-corrected chi connectivity index (χ1v) is 6.66. The summed E-state index contributed by atoms with van der Waals surface area (Å²) in [5, 5.41) is 9.22. The molecule has 0 radical (unpaired) electrons. The number of rotatable bonds is 4. The third kappa shape index (κ3) is 2.74. The summed E-state index contributed by atoms with van der Waals surface area (Å²) in [6.07, 6.45) is 3.14. The van der Waals surface area contributed by atoms with E-state index in [0.717, 1.165) is 5.56 Å². The summed E-state index contributed by atoms with van der Waals surface area (Å²) in [5.41, 5.74) is 1.27. The maximum Gasteiger partial charge on any atom is 0.231 e. The van der Waals surface area contributed by atoms with Crippen molar-refractivity contribution in [1.82, 2.24) is 0 Å². The summed E-state index contributed by atoms with van der Waals surface area (Å²) in [6.45, 7) is 0.158. The van der Waals surface area contributed by atoms with Crippen LogP contribution in [0.3, 0.4) is 0 Å². The van der Waals surface area contributed by atoms with Gasteiger partial charge in [0.25, 0.3) is 0 Å². The van der Waals surface area contributed by atoms with E-state index in [4.69, 9.17) is 14.2 Å². The number of ketones is 1.